The van der Waals surface area contributed by atoms with Crippen LogP contribution in [0.4, 0.5) is 15.0 Å². The third-order valence-corrected chi connectivity index (χ3v) is 4.72. The van der Waals surface area contributed by atoms with E-state index in [1.165, 1.54) is 12.1 Å². The molecule has 1 aromatic carbocycles. The van der Waals surface area contributed by atoms with Crippen LogP contribution in [-0.4, -0.2) is 34.8 Å². The van der Waals surface area contributed by atoms with E-state index in [0.717, 1.165) is 22.6 Å². The molecular weight excluding hydrogens is 329 g/mol. The summed E-state index contributed by atoms with van der Waals surface area (Å²) >= 11 is 1.69. The molecule has 8 heteroatoms. The summed E-state index contributed by atoms with van der Waals surface area (Å²) in [6.07, 6.45) is 5.60. The molecule has 6 nitrogen and oxygen atoms in total. The molecule has 0 bridgehead atoms. The molecule has 2 aromatic rings. The monoisotopic (exact) mass is 347 g/mol. The largest absolute Gasteiger partial charge is 0.367 e. The van der Waals surface area contributed by atoms with Gasteiger partial charge >= 0.3 is 6.03 Å². The van der Waals surface area contributed by atoms with Crippen molar-refractivity contribution in [2.45, 2.75) is 17.4 Å². The third kappa shape index (κ3) is 4.35. The first-order valence-corrected chi connectivity index (χ1v) is 8.67. The Morgan fingerprint density at radius 1 is 1.33 bits per heavy atom. The highest BCUT2D eigenvalue weighted by Crippen LogP contribution is 2.36. The molecule has 126 valence electrons. The fourth-order valence-corrected chi connectivity index (χ4v) is 3.59. The highest BCUT2D eigenvalue weighted by atomic mass is 32.2. The summed E-state index contributed by atoms with van der Waals surface area (Å²) in [7, 11) is 0. The quantitative estimate of drug-likeness (QED) is 0.725. The number of fused-ring (bicyclic) bond motifs is 1. The topological polar surface area (TPSA) is 78.9 Å². The Labute approximate surface area is 143 Å². The lowest BCUT2D eigenvalue weighted by Gasteiger charge is -2.26. The van der Waals surface area contributed by atoms with Gasteiger partial charge in [-0.15, -0.1) is 11.8 Å². The Hall–Kier alpha value is -2.35. The molecule has 3 rings (SSSR count). The Morgan fingerprint density at radius 3 is 3.08 bits per heavy atom. The Kier molecular flexibility index (Phi) is 5.47. The van der Waals surface area contributed by atoms with Crippen molar-refractivity contribution in [1.82, 2.24) is 20.6 Å². The predicted molar refractivity (Wildman–Crippen MR) is 91.5 cm³/mol. The average molecular weight is 347 g/mol. The Morgan fingerprint density at radius 2 is 2.25 bits per heavy atom. The maximum absolute atomic E-state index is 13.5. The van der Waals surface area contributed by atoms with E-state index in [0.29, 0.717) is 18.9 Å². The lowest BCUT2D eigenvalue weighted by molar-refractivity contribution is 0.237. The first kappa shape index (κ1) is 16.5. The van der Waals surface area contributed by atoms with E-state index in [1.54, 1.807) is 36.4 Å². The van der Waals surface area contributed by atoms with Crippen LogP contribution in [0.3, 0.4) is 0 Å². The number of nitrogens with zero attached hydrogens (tertiary/aromatic N) is 2. The summed E-state index contributed by atoms with van der Waals surface area (Å²) in [4.78, 5) is 21.1. The second-order valence-corrected chi connectivity index (χ2v) is 6.43. The molecule has 0 radical (unpaired) electrons. The van der Waals surface area contributed by atoms with Crippen LogP contribution >= 0.6 is 11.8 Å². The zero-order chi connectivity index (χ0) is 16.8. The summed E-state index contributed by atoms with van der Waals surface area (Å²) in [5, 5.41) is 8.76. The van der Waals surface area contributed by atoms with Crippen molar-refractivity contribution in [1.29, 1.82) is 0 Å². The zero-order valence-corrected chi connectivity index (χ0v) is 13.8. The summed E-state index contributed by atoms with van der Waals surface area (Å²) in [6.45, 7) is 0.984. The van der Waals surface area contributed by atoms with Crippen molar-refractivity contribution in [3.8, 4) is 0 Å². The van der Waals surface area contributed by atoms with Crippen LogP contribution in [0.25, 0.3) is 0 Å². The van der Waals surface area contributed by atoms with E-state index in [1.807, 2.05) is 0 Å². The predicted octanol–water partition coefficient (Wildman–Crippen LogP) is 2.56. The molecule has 0 spiro atoms. The van der Waals surface area contributed by atoms with Crippen LogP contribution in [-0.2, 0) is 0 Å². The number of carbonyl (C=O) groups is 1. The van der Waals surface area contributed by atoms with Gasteiger partial charge in [-0.25, -0.2) is 14.2 Å². The number of thioether (sulfide) groups is 1. The minimum Gasteiger partial charge on any atom is -0.367 e. The van der Waals surface area contributed by atoms with Gasteiger partial charge in [-0.3, -0.25) is 4.98 Å². The van der Waals surface area contributed by atoms with Gasteiger partial charge in [-0.2, -0.15) is 0 Å². The number of urea groups is 1. The third-order valence-electron chi connectivity index (χ3n) is 3.60. The number of hydrogen-bond donors (Lipinski definition) is 3. The lowest BCUT2D eigenvalue weighted by atomic mass is 10.0. The number of nitrogens with one attached hydrogen (secondary N) is 3. The number of amides is 2. The average Bonchev–Trinajstić information content (AvgIpc) is 2.60. The van der Waals surface area contributed by atoms with Gasteiger partial charge < -0.3 is 16.0 Å². The number of aromatic nitrogens is 2. The van der Waals surface area contributed by atoms with Gasteiger partial charge in [-0.1, -0.05) is 0 Å². The van der Waals surface area contributed by atoms with Crippen molar-refractivity contribution < 1.29 is 9.18 Å². The number of hydrogen-bond acceptors (Lipinski definition) is 5. The Balaban J connectivity index is 1.47. The summed E-state index contributed by atoms with van der Waals surface area (Å²) < 4.78 is 13.5. The number of rotatable bonds is 5. The summed E-state index contributed by atoms with van der Waals surface area (Å²) in [5.41, 5.74) is 0.846. The van der Waals surface area contributed by atoms with Gasteiger partial charge in [0.15, 0.2) is 0 Å². The number of halogens is 1. The van der Waals surface area contributed by atoms with E-state index in [4.69, 9.17) is 0 Å². The maximum Gasteiger partial charge on any atom is 0.315 e. The molecule has 0 saturated carbocycles. The van der Waals surface area contributed by atoms with Crippen molar-refractivity contribution in [3.63, 3.8) is 0 Å². The summed E-state index contributed by atoms with van der Waals surface area (Å²) in [5.74, 6) is 1.28. The van der Waals surface area contributed by atoms with Crippen molar-refractivity contribution in [2.24, 2.45) is 0 Å². The van der Waals surface area contributed by atoms with Crippen LogP contribution < -0.4 is 16.0 Å². The van der Waals surface area contributed by atoms with Crippen molar-refractivity contribution in [3.05, 3.63) is 48.2 Å². The van der Waals surface area contributed by atoms with Crippen LogP contribution in [0.5, 0.6) is 0 Å². The molecule has 0 fully saturated rings. The fraction of sp³-hybridized carbons (Fsp3) is 0.312. The smallest absolute Gasteiger partial charge is 0.315 e. The van der Waals surface area contributed by atoms with E-state index >= 15 is 0 Å². The molecule has 1 aromatic heterocycles. The van der Waals surface area contributed by atoms with E-state index in [2.05, 4.69) is 25.9 Å². The molecule has 3 N–H and O–H groups in total. The van der Waals surface area contributed by atoms with Gasteiger partial charge in [0.05, 0.1) is 12.2 Å². The van der Waals surface area contributed by atoms with Crippen LogP contribution in [0, 0.1) is 5.82 Å². The van der Waals surface area contributed by atoms with Gasteiger partial charge in [0.1, 0.15) is 11.6 Å². The number of benzene rings is 1. The van der Waals surface area contributed by atoms with Gasteiger partial charge in [0, 0.05) is 36.1 Å². The van der Waals surface area contributed by atoms with Crippen LogP contribution in [0.15, 0.2) is 41.7 Å². The van der Waals surface area contributed by atoms with Gasteiger partial charge in [0.2, 0.25) is 0 Å². The molecule has 0 saturated heterocycles. The highest BCUT2D eigenvalue weighted by molar-refractivity contribution is 7.99. The SMILES string of the molecule is O=C(NCCNc1cnccn1)NC1CCSc2ccc(F)cc21. The molecular formula is C16H18FN5OS. The molecule has 0 aliphatic carbocycles. The first-order chi connectivity index (χ1) is 11.7. The van der Waals surface area contributed by atoms with E-state index in [-0.39, 0.29) is 17.9 Å². The van der Waals surface area contributed by atoms with Crippen LogP contribution in [0.2, 0.25) is 0 Å². The fourth-order valence-electron chi connectivity index (χ4n) is 2.48. The van der Waals surface area contributed by atoms with Crippen molar-refractivity contribution in [2.75, 3.05) is 24.2 Å². The standard InChI is InChI=1S/C16H18FN5OS/c17-11-1-2-14-12(9-11)13(3-8-24-14)22-16(23)21-7-6-20-15-10-18-4-5-19-15/h1-2,4-5,9-10,13H,3,6-8H2,(H,19,20)(H2,21,22,23). The van der Waals surface area contributed by atoms with E-state index < -0.39 is 0 Å². The number of carbonyl (C=O) groups excluding carboxylic acids is 1. The maximum atomic E-state index is 13.5. The zero-order valence-electron chi connectivity index (χ0n) is 13.0. The molecule has 24 heavy (non-hydrogen) atoms. The molecule has 1 atom stereocenters. The van der Waals surface area contributed by atoms with Gasteiger partial charge in [0.25, 0.3) is 0 Å². The normalized spacial score (nSPS) is 16.1. The minimum atomic E-state index is -0.281. The molecule has 2 heterocycles. The minimum absolute atomic E-state index is 0.162. The first-order valence-electron chi connectivity index (χ1n) is 7.69. The highest BCUT2D eigenvalue weighted by Gasteiger charge is 2.22. The van der Waals surface area contributed by atoms with E-state index in [9.17, 15) is 9.18 Å². The van der Waals surface area contributed by atoms with Crippen LogP contribution in [0.1, 0.15) is 18.0 Å². The molecule has 1 aliphatic heterocycles. The van der Waals surface area contributed by atoms with Crippen molar-refractivity contribution >= 4 is 23.6 Å². The Bertz CT molecular complexity index is 700. The summed E-state index contributed by atoms with van der Waals surface area (Å²) in [6, 6.07) is 4.30. The molecule has 2 amide bonds. The van der Waals surface area contributed by atoms with Gasteiger partial charge in [-0.05, 0) is 30.2 Å². The number of anilines is 1. The second-order valence-electron chi connectivity index (χ2n) is 5.29. The molecule has 1 aliphatic rings. The lowest BCUT2D eigenvalue weighted by Crippen LogP contribution is -2.40. The molecule has 1 unspecified atom stereocenters. The second kappa shape index (κ2) is 7.96.